The number of hydrogen-bond donors (Lipinski definition) is 1. The molecular formula is C18H21NO. The van der Waals surface area contributed by atoms with Crippen LogP contribution in [0.25, 0.3) is 0 Å². The Morgan fingerprint density at radius 3 is 1.90 bits per heavy atom. The van der Waals surface area contributed by atoms with E-state index in [0.29, 0.717) is 0 Å². The minimum absolute atomic E-state index is 0.101. The highest BCUT2D eigenvalue weighted by atomic mass is 16.3. The van der Waals surface area contributed by atoms with Gasteiger partial charge in [0.25, 0.3) is 0 Å². The molecule has 1 saturated heterocycles. The zero-order valence-electron chi connectivity index (χ0n) is 11.7. The standard InChI is InChI=1S/C18H21NO/c20-15-19-14-8-7-13-18(19,16-9-3-1-4-10-16)17-11-5-2-6-12-17/h1-6,9-12,20H,7-8,13-15H2. The highest BCUT2D eigenvalue weighted by Gasteiger charge is 2.41. The van der Waals surface area contributed by atoms with Crippen LogP contribution in [-0.4, -0.2) is 23.3 Å². The first-order chi connectivity index (χ1) is 9.88. The Kier molecular flexibility index (Phi) is 3.86. The Hall–Kier alpha value is -1.64. The second kappa shape index (κ2) is 5.78. The number of hydrogen-bond acceptors (Lipinski definition) is 2. The Labute approximate surface area is 120 Å². The first-order valence-corrected chi connectivity index (χ1v) is 7.35. The molecule has 3 rings (SSSR count). The average molecular weight is 267 g/mol. The highest BCUT2D eigenvalue weighted by molar-refractivity contribution is 5.39. The Morgan fingerprint density at radius 1 is 0.850 bits per heavy atom. The molecule has 1 N–H and O–H groups in total. The van der Waals surface area contributed by atoms with Crippen molar-refractivity contribution in [3.8, 4) is 0 Å². The lowest BCUT2D eigenvalue weighted by molar-refractivity contribution is -0.00239. The SMILES string of the molecule is OCN1CCCCC1(c1ccccc1)c1ccccc1. The van der Waals surface area contributed by atoms with Crippen LogP contribution in [0.15, 0.2) is 60.7 Å². The molecule has 0 amide bonds. The number of benzene rings is 2. The summed E-state index contributed by atoms with van der Waals surface area (Å²) in [6, 6.07) is 21.2. The fourth-order valence-electron chi connectivity index (χ4n) is 3.47. The molecule has 1 aliphatic heterocycles. The second-order valence-corrected chi connectivity index (χ2v) is 5.45. The molecule has 104 valence electrons. The van der Waals surface area contributed by atoms with E-state index >= 15 is 0 Å². The second-order valence-electron chi connectivity index (χ2n) is 5.45. The van der Waals surface area contributed by atoms with Gasteiger partial charge in [-0.05, 0) is 30.4 Å². The predicted octanol–water partition coefficient (Wildman–Crippen LogP) is 3.37. The summed E-state index contributed by atoms with van der Waals surface area (Å²) in [5.41, 5.74) is 2.37. The van der Waals surface area contributed by atoms with Crippen molar-refractivity contribution in [2.75, 3.05) is 13.3 Å². The van der Waals surface area contributed by atoms with Crippen molar-refractivity contribution in [2.45, 2.75) is 24.8 Å². The average Bonchev–Trinajstić information content (AvgIpc) is 2.56. The Balaban J connectivity index is 2.17. The molecule has 1 fully saturated rings. The third-order valence-corrected chi connectivity index (χ3v) is 4.43. The van der Waals surface area contributed by atoms with Gasteiger partial charge in [0.1, 0.15) is 0 Å². The lowest BCUT2D eigenvalue weighted by Gasteiger charge is -2.47. The quantitative estimate of drug-likeness (QED) is 0.921. The molecule has 0 bridgehead atoms. The van der Waals surface area contributed by atoms with Crippen molar-refractivity contribution >= 4 is 0 Å². The van der Waals surface area contributed by atoms with E-state index in [9.17, 15) is 5.11 Å². The number of aliphatic hydroxyl groups is 1. The maximum absolute atomic E-state index is 9.88. The van der Waals surface area contributed by atoms with Crippen molar-refractivity contribution < 1.29 is 5.11 Å². The van der Waals surface area contributed by atoms with Gasteiger partial charge in [-0.15, -0.1) is 0 Å². The number of aliphatic hydroxyl groups excluding tert-OH is 1. The highest BCUT2D eigenvalue weighted by Crippen LogP contribution is 2.42. The van der Waals surface area contributed by atoms with Gasteiger partial charge in [-0.2, -0.15) is 0 Å². The molecule has 2 heteroatoms. The smallest absolute Gasteiger partial charge is 0.0966 e. The monoisotopic (exact) mass is 267 g/mol. The van der Waals surface area contributed by atoms with E-state index in [1.165, 1.54) is 17.5 Å². The summed E-state index contributed by atoms with van der Waals surface area (Å²) in [7, 11) is 0. The Bertz CT molecular complexity index is 498. The van der Waals surface area contributed by atoms with Crippen molar-refractivity contribution in [3.05, 3.63) is 71.8 Å². The van der Waals surface area contributed by atoms with Crippen LogP contribution >= 0.6 is 0 Å². The lowest BCUT2D eigenvalue weighted by Crippen LogP contribution is -2.50. The van der Waals surface area contributed by atoms with Crippen LogP contribution < -0.4 is 0 Å². The lowest BCUT2D eigenvalue weighted by atomic mass is 9.75. The first kappa shape index (κ1) is 13.3. The maximum atomic E-state index is 9.88. The molecule has 2 nitrogen and oxygen atoms in total. The number of piperidine rings is 1. The van der Waals surface area contributed by atoms with Gasteiger partial charge >= 0.3 is 0 Å². The summed E-state index contributed by atoms with van der Waals surface area (Å²) in [4.78, 5) is 2.21. The molecule has 0 spiro atoms. The number of likely N-dealkylation sites (tertiary alicyclic amines) is 1. The van der Waals surface area contributed by atoms with Crippen molar-refractivity contribution in [1.29, 1.82) is 0 Å². The maximum Gasteiger partial charge on any atom is 0.0966 e. The Morgan fingerprint density at radius 2 is 1.40 bits per heavy atom. The fraction of sp³-hybridized carbons (Fsp3) is 0.333. The zero-order valence-corrected chi connectivity index (χ0v) is 11.7. The molecule has 0 aliphatic carbocycles. The molecule has 2 aromatic carbocycles. The van der Waals surface area contributed by atoms with Gasteiger partial charge in [-0.25, -0.2) is 0 Å². The van der Waals surface area contributed by atoms with Gasteiger partial charge in [-0.3, -0.25) is 4.90 Å². The molecule has 1 aliphatic rings. The third-order valence-electron chi connectivity index (χ3n) is 4.43. The van der Waals surface area contributed by atoms with Crippen molar-refractivity contribution in [3.63, 3.8) is 0 Å². The van der Waals surface area contributed by atoms with Gasteiger partial charge in [0.15, 0.2) is 0 Å². The van der Waals surface area contributed by atoms with E-state index in [1.54, 1.807) is 0 Å². The summed E-state index contributed by atoms with van der Waals surface area (Å²) >= 11 is 0. The molecule has 0 aromatic heterocycles. The molecule has 20 heavy (non-hydrogen) atoms. The van der Waals surface area contributed by atoms with E-state index in [4.69, 9.17) is 0 Å². The fourth-order valence-corrected chi connectivity index (χ4v) is 3.47. The van der Waals surface area contributed by atoms with Crippen LogP contribution in [0.4, 0.5) is 0 Å². The molecule has 0 saturated carbocycles. The van der Waals surface area contributed by atoms with Crippen LogP contribution in [0.2, 0.25) is 0 Å². The van der Waals surface area contributed by atoms with E-state index in [-0.39, 0.29) is 12.3 Å². The van der Waals surface area contributed by atoms with E-state index in [0.717, 1.165) is 19.4 Å². The van der Waals surface area contributed by atoms with Crippen LogP contribution in [0.5, 0.6) is 0 Å². The molecule has 0 atom stereocenters. The molecule has 0 unspecified atom stereocenters. The van der Waals surface area contributed by atoms with Crippen LogP contribution in [0.3, 0.4) is 0 Å². The van der Waals surface area contributed by atoms with Gasteiger partial charge in [0.05, 0.1) is 12.3 Å². The largest absolute Gasteiger partial charge is 0.381 e. The van der Waals surface area contributed by atoms with Crippen molar-refractivity contribution in [1.82, 2.24) is 4.90 Å². The van der Waals surface area contributed by atoms with Gasteiger partial charge in [-0.1, -0.05) is 60.7 Å². The molecule has 1 heterocycles. The van der Waals surface area contributed by atoms with Crippen molar-refractivity contribution in [2.24, 2.45) is 0 Å². The summed E-state index contributed by atoms with van der Waals surface area (Å²) in [6.45, 7) is 1.05. The van der Waals surface area contributed by atoms with Crippen LogP contribution in [0.1, 0.15) is 30.4 Å². The van der Waals surface area contributed by atoms with Gasteiger partial charge in [0, 0.05) is 6.54 Å². The summed E-state index contributed by atoms with van der Waals surface area (Å²) in [6.07, 6.45) is 3.41. The number of rotatable bonds is 3. The topological polar surface area (TPSA) is 23.5 Å². The van der Waals surface area contributed by atoms with E-state index in [1.807, 2.05) is 12.1 Å². The molecule has 0 radical (unpaired) electrons. The normalized spacial score (nSPS) is 18.9. The van der Waals surface area contributed by atoms with Crippen LogP contribution in [-0.2, 0) is 5.54 Å². The molecule has 2 aromatic rings. The zero-order chi connectivity index (χ0) is 13.8. The summed E-state index contributed by atoms with van der Waals surface area (Å²) in [5.74, 6) is 0. The first-order valence-electron chi connectivity index (χ1n) is 7.35. The predicted molar refractivity (Wildman–Crippen MR) is 81.3 cm³/mol. The van der Waals surface area contributed by atoms with Gasteiger partial charge < -0.3 is 5.11 Å². The summed E-state index contributed by atoms with van der Waals surface area (Å²) < 4.78 is 0. The number of nitrogens with zero attached hydrogens (tertiary/aromatic N) is 1. The summed E-state index contributed by atoms with van der Waals surface area (Å²) in [5, 5.41) is 9.88. The minimum atomic E-state index is -0.185. The molecular weight excluding hydrogens is 246 g/mol. The van der Waals surface area contributed by atoms with E-state index < -0.39 is 0 Å². The van der Waals surface area contributed by atoms with E-state index in [2.05, 4.69) is 53.4 Å². The van der Waals surface area contributed by atoms with Gasteiger partial charge in [0.2, 0.25) is 0 Å². The third kappa shape index (κ3) is 2.15. The minimum Gasteiger partial charge on any atom is -0.381 e. The van der Waals surface area contributed by atoms with Crippen LogP contribution in [0, 0.1) is 0 Å².